The van der Waals surface area contributed by atoms with E-state index in [1.54, 1.807) is 5.56 Å². The van der Waals surface area contributed by atoms with E-state index in [9.17, 15) is 4.39 Å². The molecule has 0 bridgehead atoms. The van der Waals surface area contributed by atoms with Crippen molar-refractivity contribution < 1.29 is 4.39 Å². The summed E-state index contributed by atoms with van der Waals surface area (Å²) in [5.74, 6) is 3.70. The lowest BCUT2D eigenvalue weighted by Crippen LogP contribution is -2.17. The average Bonchev–Trinajstić information content (AvgIpc) is 2.85. The minimum absolute atomic E-state index is 0.160. The fourth-order valence-electron chi connectivity index (χ4n) is 6.11. The number of unbranched alkanes of at least 4 members (excludes halogenated alkanes) is 3. The Morgan fingerprint density at radius 3 is 2.00 bits per heavy atom. The predicted molar refractivity (Wildman–Crippen MR) is 138 cm³/mol. The molecular formula is C31H49F. The molecule has 1 heteroatoms. The van der Waals surface area contributed by atoms with Gasteiger partial charge in [-0.25, -0.2) is 0 Å². The zero-order valence-electron chi connectivity index (χ0n) is 20.9. The molecule has 2 aliphatic carbocycles. The van der Waals surface area contributed by atoms with Gasteiger partial charge in [0.1, 0.15) is 0 Å². The van der Waals surface area contributed by atoms with E-state index in [4.69, 9.17) is 0 Å². The maximum atomic E-state index is 12.1. The first-order valence-corrected chi connectivity index (χ1v) is 14.1. The Labute approximate surface area is 198 Å². The summed E-state index contributed by atoms with van der Waals surface area (Å²) in [6.45, 7) is 2.12. The Hall–Kier alpha value is -1.11. The standard InChI is InChI=1S/C31H49F/c1-2-3-9-26-17-21-30(22-18-26)31-23-19-29(20-24-31)16-15-28-13-11-27(12-14-28)10-7-5-4-6-8-25-32/h5,7,17-18,21-22,27-29,31H,2-4,6,8-16,19-20,23-25H2,1H3/b7-5+. The van der Waals surface area contributed by atoms with Crippen molar-refractivity contribution in [2.75, 3.05) is 6.67 Å². The number of alkyl halides is 1. The van der Waals surface area contributed by atoms with Gasteiger partial charge in [0, 0.05) is 0 Å². The van der Waals surface area contributed by atoms with Gasteiger partial charge >= 0.3 is 0 Å². The van der Waals surface area contributed by atoms with Crippen molar-refractivity contribution >= 4 is 0 Å². The van der Waals surface area contributed by atoms with Crippen LogP contribution in [0.25, 0.3) is 0 Å². The van der Waals surface area contributed by atoms with Crippen LogP contribution in [-0.4, -0.2) is 6.67 Å². The summed E-state index contributed by atoms with van der Waals surface area (Å²) in [5, 5.41) is 0. The van der Waals surface area contributed by atoms with Crippen molar-refractivity contribution in [1.29, 1.82) is 0 Å². The highest BCUT2D eigenvalue weighted by atomic mass is 19.1. The number of allylic oxidation sites excluding steroid dienone is 2. The van der Waals surface area contributed by atoms with Gasteiger partial charge in [0.05, 0.1) is 6.67 Å². The van der Waals surface area contributed by atoms with Crippen molar-refractivity contribution in [2.24, 2.45) is 17.8 Å². The molecule has 1 aromatic carbocycles. The molecule has 2 saturated carbocycles. The highest BCUT2D eigenvalue weighted by Gasteiger charge is 2.25. The monoisotopic (exact) mass is 440 g/mol. The quantitative estimate of drug-likeness (QED) is 0.211. The Morgan fingerprint density at radius 1 is 0.750 bits per heavy atom. The zero-order chi connectivity index (χ0) is 22.4. The zero-order valence-corrected chi connectivity index (χ0v) is 20.9. The van der Waals surface area contributed by atoms with Crippen molar-refractivity contribution in [1.82, 2.24) is 0 Å². The van der Waals surface area contributed by atoms with Crippen LogP contribution in [-0.2, 0) is 6.42 Å². The topological polar surface area (TPSA) is 0 Å². The summed E-state index contributed by atoms with van der Waals surface area (Å²) < 4.78 is 12.1. The van der Waals surface area contributed by atoms with Crippen molar-refractivity contribution in [3.63, 3.8) is 0 Å². The molecule has 0 radical (unpaired) electrons. The van der Waals surface area contributed by atoms with E-state index in [1.165, 1.54) is 95.5 Å². The third kappa shape index (κ3) is 9.03. The van der Waals surface area contributed by atoms with Gasteiger partial charge in [-0.15, -0.1) is 0 Å². The Balaban J connectivity index is 1.26. The summed E-state index contributed by atoms with van der Waals surface area (Å²) in [5.41, 5.74) is 3.11. The van der Waals surface area contributed by atoms with E-state index in [0.29, 0.717) is 0 Å². The number of halogens is 1. The van der Waals surface area contributed by atoms with Gasteiger partial charge in [0.2, 0.25) is 0 Å². The predicted octanol–water partition coefficient (Wildman–Crippen LogP) is 9.98. The van der Waals surface area contributed by atoms with Crippen molar-refractivity contribution in [3.8, 4) is 0 Å². The van der Waals surface area contributed by atoms with Crippen LogP contribution in [0.4, 0.5) is 4.39 Å². The van der Waals surface area contributed by atoms with Crippen LogP contribution in [0.2, 0.25) is 0 Å². The molecule has 0 saturated heterocycles. The first kappa shape index (κ1) is 25.5. The SMILES string of the molecule is CCCCc1ccc(C2CCC(CCC3CCC(C/C=C/CCCCF)CC3)CC2)cc1. The number of benzene rings is 1. The molecule has 0 aliphatic heterocycles. The molecule has 0 unspecified atom stereocenters. The minimum Gasteiger partial charge on any atom is -0.251 e. The number of rotatable bonds is 13. The average molecular weight is 441 g/mol. The van der Waals surface area contributed by atoms with Crippen LogP contribution in [0.1, 0.15) is 127 Å². The summed E-state index contributed by atoms with van der Waals surface area (Å²) in [7, 11) is 0. The van der Waals surface area contributed by atoms with Crippen LogP contribution in [0, 0.1) is 17.8 Å². The van der Waals surface area contributed by atoms with E-state index in [0.717, 1.165) is 42.9 Å². The molecule has 0 N–H and O–H groups in total. The normalized spacial score (nSPS) is 26.6. The lowest BCUT2D eigenvalue weighted by atomic mass is 9.74. The van der Waals surface area contributed by atoms with Gasteiger partial charge in [0.15, 0.2) is 0 Å². The van der Waals surface area contributed by atoms with Gasteiger partial charge in [-0.3, -0.25) is 4.39 Å². The summed E-state index contributed by atoms with van der Waals surface area (Å²) in [6, 6.07) is 9.62. The maximum absolute atomic E-state index is 12.1. The van der Waals surface area contributed by atoms with E-state index in [-0.39, 0.29) is 6.67 Å². The summed E-state index contributed by atoms with van der Waals surface area (Å²) in [4.78, 5) is 0. The van der Waals surface area contributed by atoms with Crippen molar-refractivity contribution in [3.05, 3.63) is 47.5 Å². The van der Waals surface area contributed by atoms with Gasteiger partial charge in [-0.1, -0.05) is 75.4 Å². The fourth-order valence-corrected chi connectivity index (χ4v) is 6.11. The van der Waals surface area contributed by atoms with E-state index < -0.39 is 0 Å². The molecule has 0 amide bonds. The molecule has 2 fully saturated rings. The number of hydrogen-bond donors (Lipinski definition) is 0. The Kier molecular flexibility index (Phi) is 11.9. The second-order valence-electron chi connectivity index (χ2n) is 10.9. The van der Waals surface area contributed by atoms with Gasteiger partial charge in [-0.05, 0) is 112 Å². The van der Waals surface area contributed by atoms with E-state index in [2.05, 4.69) is 43.3 Å². The van der Waals surface area contributed by atoms with Gasteiger partial charge in [-0.2, -0.15) is 0 Å². The van der Waals surface area contributed by atoms with Crippen LogP contribution < -0.4 is 0 Å². The lowest BCUT2D eigenvalue weighted by molar-refractivity contribution is 0.231. The summed E-state index contributed by atoms with van der Waals surface area (Å²) in [6.07, 6.45) is 27.0. The number of aryl methyl sites for hydroxylation is 1. The molecule has 32 heavy (non-hydrogen) atoms. The Bertz CT molecular complexity index is 614. The molecule has 1 aromatic rings. The first-order chi connectivity index (χ1) is 15.8. The second kappa shape index (κ2) is 14.9. The molecule has 0 heterocycles. The third-order valence-electron chi connectivity index (χ3n) is 8.46. The molecule has 180 valence electrons. The Morgan fingerprint density at radius 2 is 1.38 bits per heavy atom. The molecule has 0 spiro atoms. The highest BCUT2D eigenvalue weighted by Crippen LogP contribution is 2.40. The minimum atomic E-state index is -0.160. The van der Waals surface area contributed by atoms with Gasteiger partial charge < -0.3 is 0 Å². The molecule has 3 rings (SSSR count). The van der Waals surface area contributed by atoms with Crippen LogP contribution >= 0.6 is 0 Å². The molecule has 2 aliphatic rings. The van der Waals surface area contributed by atoms with Gasteiger partial charge in [0.25, 0.3) is 0 Å². The maximum Gasteiger partial charge on any atom is 0.0894 e. The fraction of sp³-hybridized carbons (Fsp3) is 0.742. The molecule has 0 nitrogen and oxygen atoms in total. The summed E-state index contributed by atoms with van der Waals surface area (Å²) >= 11 is 0. The molecular weight excluding hydrogens is 391 g/mol. The van der Waals surface area contributed by atoms with Crippen LogP contribution in [0.15, 0.2) is 36.4 Å². The van der Waals surface area contributed by atoms with Crippen LogP contribution in [0.3, 0.4) is 0 Å². The second-order valence-corrected chi connectivity index (χ2v) is 10.9. The number of hydrogen-bond acceptors (Lipinski definition) is 0. The molecule has 0 aromatic heterocycles. The highest BCUT2D eigenvalue weighted by molar-refractivity contribution is 5.26. The van der Waals surface area contributed by atoms with Crippen LogP contribution in [0.5, 0.6) is 0 Å². The lowest BCUT2D eigenvalue weighted by Gasteiger charge is -2.32. The molecule has 0 atom stereocenters. The smallest absolute Gasteiger partial charge is 0.0894 e. The van der Waals surface area contributed by atoms with E-state index in [1.807, 2.05) is 0 Å². The van der Waals surface area contributed by atoms with Crippen molar-refractivity contribution in [2.45, 2.75) is 122 Å². The largest absolute Gasteiger partial charge is 0.251 e. The third-order valence-corrected chi connectivity index (χ3v) is 8.46. The first-order valence-electron chi connectivity index (χ1n) is 14.1. The van der Waals surface area contributed by atoms with E-state index >= 15 is 0 Å².